The number of aromatic nitrogens is 5. The van der Waals surface area contributed by atoms with E-state index >= 15 is 0 Å². The van der Waals surface area contributed by atoms with Crippen LogP contribution in [0.3, 0.4) is 0 Å². The van der Waals surface area contributed by atoms with E-state index in [0.717, 1.165) is 67.5 Å². The van der Waals surface area contributed by atoms with Crippen LogP contribution in [0.25, 0.3) is 11.2 Å². The Hall–Kier alpha value is -3.40. The minimum Gasteiger partial charge on any atom is -0.317 e. The number of imidazole rings is 1. The second-order valence-corrected chi connectivity index (χ2v) is 11.5. The third-order valence-corrected chi connectivity index (χ3v) is 8.67. The molecule has 1 saturated heterocycles. The molecule has 2 atom stereocenters. The molecule has 1 saturated carbocycles. The second-order valence-electron chi connectivity index (χ2n) is 11.5. The van der Waals surface area contributed by atoms with Gasteiger partial charge < -0.3 is 4.57 Å². The van der Waals surface area contributed by atoms with Gasteiger partial charge in [-0.3, -0.25) is 13.9 Å². The van der Waals surface area contributed by atoms with Crippen LogP contribution in [0.2, 0.25) is 0 Å². The van der Waals surface area contributed by atoms with E-state index in [4.69, 9.17) is 0 Å². The maximum absolute atomic E-state index is 14.3. The van der Waals surface area contributed by atoms with Crippen LogP contribution >= 0.6 is 0 Å². The van der Waals surface area contributed by atoms with Crippen LogP contribution in [0.5, 0.6) is 0 Å². The molecule has 212 valence electrons. The lowest BCUT2D eigenvalue weighted by atomic mass is 9.72. The molecule has 2 fully saturated rings. The maximum atomic E-state index is 14.3. The largest absolute Gasteiger partial charge is 0.418 e. The molecule has 4 aromatic rings. The van der Waals surface area contributed by atoms with Crippen molar-refractivity contribution < 1.29 is 13.2 Å². The van der Waals surface area contributed by atoms with Crippen LogP contribution < -0.4 is 5.69 Å². The SMILES string of the molecule is CCn1cnnc1[C@@H](c1cccc(-n2cc3c(C(F)(F)F)cc(CN4CCC[C@H](C)C4)cn3c2=O)c1)C1CCC1. The van der Waals surface area contributed by atoms with Gasteiger partial charge >= 0.3 is 11.9 Å². The molecular formula is C30H35F3N6O. The van der Waals surface area contributed by atoms with Crippen LogP contribution in [-0.4, -0.2) is 41.7 Å². The Morgan fingerprint density at radius 2 is 1.93 bits per heavy atom. The predicted octanol–water partition coefficient (Wildman–Crippen LogP) is 5.88. The highest BCUT2D eigenvalue weighted by Gasteiger charge is 2.36. The molecule has 0 N–H and O–H groups in total. The third kappa shape index (κ3) is 4.98. The van der Waals surface area contributed by atoms with Gasteiger partial charge in [0, 0.05) is 37.9 Å². The van der Waals surface area contributed by atoms with Gasteiger partial charge in [-0.15, -0.1) is 10.2 Å². The standard InChI is InChI=1S/C30H35F3N6O/c1-3-37-19-34-35-28(37)27(22-8-4-9-22)23-10-5-11-24(14-23)38-18-26-25(30(31,32)33)13-21(17-39(26)29(38)40)16-36-12-6-7-20(2)15-36/h5,10-11,13-14,17-20,22,27H,3-4,6-9,12,15-16H2,1-2H3/t20-,27+/m0/s1. The molecule has 4 heterocycles. The third-order valence-electron chi connectivity index (χ3n) is 8.67. The number of benzene rings is 1. The summed E-state index contributed by atoms with van der Waals surface area (Å²) in [5.74, 6) is 1.81. The number of aryl methyl sites for hydroxylation is 1. The number of rotatable bonds is 7. The molecule has 1 aliphatic heterocycles. The molecule has 0 radical (unpaired) electrons. The molecule has 10 heteroatoms. The summed E-state index contributed by atoms with van der Waals surface area (Å²) in [5, 5.41) is 8.57. The van der Waals surface area contributed by atoms with Crippen molar-refractivity contribution in [3.63, 3.8) is 0 Å². The van der Waals surface area contributed by atoms with E-state index in [-0.39, 0.29) is 11.4 Å². The molecule has 0 bridgehead atoms. The Kier molecular flexibility index (Phi) is 7.06. The van der Waals surface area contributed by atoms with Crippen LogP contribution in [-0.2, 0) is 19.3 Å². The average Bonchev–Trinajstić information content (AvgIpc) is 3.49. The molecule has 0 unspecified atom stereocenters. The second kappa shape index (κ2) is 10.5. The van der Waals surface area contributed by atoms with Crippen molar-refractivity contribution >= 4 is 5.52 Å². The Morgan fingerprint density at radius 1 is 1.10 bits per heavy atom. The number of nitrogens with zero attached hydrogens (tertiary/aromatic N) is 6. The maximum Gasteiger partial charge on any atom is 0.418 e. The number of likely N-dealkylation sites (tertiary alicyclic amines) is 1. The summed E-state index contributed by atoms with van der Waals surface area (Å²) in [5.41, 5.74) is 0.584. The summed E-state index contributed by atoms with van der Waals surface area (Å²) in [7, 11) is 0. The number of alkyl halides is 3. The van der Waals surface area contributed by atoms with E-state index in [9.17, 15) is 18.0 Å². The lowest BCUT2D eigenvalue weighted by Gasteiger charge is -2.33. The lowest BCUT2D eigenvalue weighted by molar-refractivity contribution is -0.136. The van der Waals surface area contributed by atoms with Gasteiger partial charge in [-0.05, 0) is 80.3 Å². The monoisotopic (exact) mass is 552 g/mol. The summed E-state index contributed by atoms with van der Waals surface area (Å²) in [4.78, 5) is 15.8. The van der Waals surface area contributed by atoms with Crippen molar-refractivity contribution in [2.75, 3.05) is 13.1 Å². The topological polar surface area (TPSA) is 60.4 Å². The Labute approximate surface area is 231 Å². The predicted molar refractivity (Wildman–Crippen MR) is 147 cm³/mol. The first kappa shape index (κ1) is 26.8. The molecule has 3 aromatic heterocycles. The van der Waals surface area contributed by atoms with Gasteiger partial charge in [0.1, 0.15) is 12.2 Å². The number of piperidine rings is 1. The van der Waals surface area contributed by atoms with Crippen molar-refractivity contribution in [1.82, 2.24) is 28.6 Å². The van der Waals surface area contributed by atoms with E-state index < -0.39 is 17.4 Å². The van der Waals surface area contributed by atoms with Crippen LogP contribution in [0.15, 0.2) is 53.8 Å². The normalized spacial score (nSPS) is 19.7. The van der Waals surface area contributed by atoms with Gasteiger partial charge in [0.05, 0.1) is 16.8 Å². The fraction of sp³-hybridized carbons (Fsp3) is 0.500. The summed E-state index contributed by atoms with van der Waals surface area (Å²) in [6.45, 7) is 7.03. The van der Waals surface area contributed by atoms with E-state index in [1.165, 1.54) is 16.8 Å². The molecule has 0 spiro atoms. The number of hydrogen-bond acceptors (Lipinski definition) is 4. The van der Waals surface area contributed by atoms with Crippen molar-refractivity contribution in [2.45, 2.75) is 71.1 Å². The van der Waals surface area contributed by atoms with Crippen molar-refractivity contribution in [3.8, 4) is 5.69 Å². The Bertz CT molecular complexity index is 1560. The molecule has 0 amide bonds. The van der Waals surface area contributed by atoms with Gasteiger partial charge in [-0.1, -0.05) is 25.5 Å². The molecule has 6 rings (SSSR count). The average molecular weight is 553 g/mol. The summed E-state index contributed by atoms with van der Waals surface area (Å²) in [6.07, 6.45) is 5.51. The number of pyridine rings is 1. The first-order chi connectivity index (χ1) is 19.2. The Balaban J connectivity index is 1.42. The first-order valence-corrected chi connectivity index (χ1v) is 14.3. The van der Waals surface area contributed by atoms with E-state index in [0.29, 0.717) is 29.6 Å². The highest BCUT2D eigenvalue weighted by Crippen LogP contribution is 2.43. The molecule has 1 aliphatic carbocycles. The van der Waals surface area contributed by atoms with Gasteiger partial charge in [-0.2, -0.15) is 13.2 Å². The van der Waals surface area contributed by atoms with Crippen LogP contribution in [0, 0.1) is 11.8 Å². The minimum absolute atomic E-state index is 0.00755. The van der Waals surface area contributed by atoms with Gasteiger partial charge in [0.25, 0.3) is 0 Å². The van der Waals surface area contributed by atoms with Gasteiger partial charge in [-0.25, -0.2) is 4.79 Å². The fourth-order valence-corrected chi connectivity index (χ4v) is 6.45. The molecule has 1 aromatic carbocycles. The van der Waals surface area contributed by atoms with E-state index in [1.807, 2.05) is 29.7 Å². The van der Waals surface area contributed by atoms with Crippen molar-refractivity contribution in [1.29, 1.82) is 0 Å². The van der Waals surface area contributed by atoms with Gasteiger partial charge in [0.15, 0.2) is 0 Å². The zero-order valence-electron chi connectivity index (χ0n) is 22.9. The fourth-order valence-electron chi connectivity index (χ4n) is 6.45. The molecule has 40 heavy (non-hydrogen) atoms. The van der Waals surface area contributed by atoms with Gasteiger partial charge in [0.2, 0.25) is 0 Å². The summed E-state index contributed by atoms with van der Waals surface area (Å²) >= 11 is 0. The quantitative estimate of drug-likeness (QED) is 0.287. The smallest absolute Gasteiger partial charge is 0.317 e. The summed E-state index contributed by atoms with van der Waals surface area (Å²) in [6, 6.07) is 8.78. The number of halogens is 3. The lowest BCUT2D eigenvalue weighted by Crippen LogP contribution is -2.34. The number of hydrogen-bond donors (Lipinski definition) is 0. The summed E-state index contributed by atoms with van der Waals surface area (Å²) < 4.78 is 47.3. The van der Waals surface area contributed by atoms with Crippen LogP contribution in [0.4, 0.5) is 13.2 Å². The van der Waals surface area contributed by atoms with E-state index in [2.05, 4.69) is 22.0 Å². The van der Waals surface area contributed by atoms with Crippen molar-refractivity contribution in [3.05, 3.63) is 82.1 Å². The highest BCUT2D eigenvalue weighted by molar-refractivity contribution is 5.58. The number of fused-ring (bicyclic) bond motifs is 1. The zero-order chi connectivity index (χ0) is 28.0. The first-order valence-electron chi connectivity index (χ1n) is 14.3. The Morgan fingerprint density at radius 3 is 2.62 bits per heavy atom. The van der Waals surface area contributed by atoms with Crippen molar-refractivity contribution in [2.24, 2.45) is 11.8 Å². The molecule has 7 nitrogen and oxygen atoms in total. The van der Waals surface area contributed by atoms with Crippen LogP contribution in [0.1, 0.15) is 74.4 Å². The highest BCUT2D eigenvalue weighted by atomic mass is 19.4. The minimum atomic E-state index is -4.59. The van der Waals surface area contributed by atoms with E-state index in [1.54, 1.807) is 18.6 Å². The molecule has 2 aliphatic rings. The zero-order valence-corrected chi connectivity index (χ0v) is 22.9. The molecular weight excluding hydrogens is 517 g/mol.